The summed E-state index contributed by atoms with van der Waals surface area (Å²) in [5.74, 6) is 0. The molecular weight excluding hydrogens is 464 g/mol. The zero-order valence-corrected chi connectivity index (χ0v) is 25.6. The summed E-state index contributed by atoms with van der Waals surface area (Å²) in [5.41, 5.74) is 8.38. The maximum absolute atomic E-state index is 4.61. The summed E-state index contributed by atoms with van der Waals surface area (Å²) in [5, 5.41) is 18.3. The van der Waals surface area contributed by atoms with E-state index in [0.717, 1.165) is 22.7 Å². The van der Waals surface area contributed by atoms with Crippen LogP contribution in [0.5, 0.6) is 0 Å². The van der Waals surface area contributed by atoms with Gasteiger partial charge < -0.3 is 0 Å². The van der Waals surface area contributed by atoms with Crippen molar-refractivity contribution in [1.29, 1.82) is 0 Å². The SMILES string of the molecule is CC(C)(C)c1cc(N=Nc2cccc(N=Nc3cc(C(C)(C)C)cc(C(C)(C)C)c3)c2)cc(C(C)(C)C)c1. The fourth-order valence-corrected chi connectivity index (χ4v) is 3.92. The van der Waals surface area contributed by atoms with Crippen LogP contribution in [0.15, 0.2) is 81.1 Å². The molecule has 0 heterocycles. The summed E-state index contributed by atoms with van der Waals surface area (Å²) in [6, 6.07) is 20.9. The van der Waals surface area contributed by atoms with Crippen LogP contribution in [0.1, 0.15) is 105 Å². The molecule has 0 aliphatic heterocycles. The van der Waals surface area contributed by atoms with E-state index in [1.54, 1.807) is 0 Å². The summed E-state index contributed by atoms with van der Waals surface area (Å²) in [6.45, 7) is 26.7. The number of rotatable bonds is 4. The standard InChI is InChI=1S/C34H46N4/c1-31(2,3)23-16-24(32(4,5)6)19-29(18-23)37-35-27-14-13-15-28(22-27)36-38-30-20-25(33(7,8)9)17-26(21-30)34(10,11)12/h13-22H,1-12H3. The molecular formula is C34H46N4. The molecule has 0 spiro atoms. The van der Waals surface area contributed by atoms with Crippen LogP contribution >= 0.6 is 0 Å². The molecule has 0 bridgehead atoms. The molecule has 3 aromatic carbocycles. The highest BCUT2D eigenvalue weighted by Gasteiger charge is 2.21. The van der Waals surface area contributed by atoms with Gasteiger partial charge in [0, 0.05) is 0 Å². The molecule has 3 aromatic rings. The summed E-state index contributed by atoms with van der Waals surface area (Å²) >= 11 is 0. The highest BCUT2D eigenvalue weighted by molar-refractivity contribution is 5.53. The lowest BCUT2D eigenvalue weighted by Crippen LogP contribution is -2.16. The average molecular weight is 511 g/mol. The molecule has 202 valence electrons. The van der Waals surface area contributed by atoms with Crippen molar-refractivity contribution < 1.29 is 0 Å². The minimum absolute atomic E-state index is 0.0307. The van der Waals surface area contributed by atoms with Gasteiger partial charge in [0.05, 0.1) is 22.7 Å². The molecule has 0 unspecified atom stereocenters. The van der Waals surface area contributed by atoms with Gasteiger partial charge in [-0.25, -0.2) is 0 Å². The van der Waals surface area contributed by atoms with Crippen molar-refractivity contribution >= 4 is 22.7 Å². The van der Waals surface area contributed by atoms with Crippen molar-refractivity contribution in [3.8, 4) is 0 Å². The third-order valence-corrected chi connectivity index (χ3v) is 6.69. The number of nitrogens with zero attached hydrogens (tertiary/aromatic N) is 4. The van der Waals surface area contributed by atoms with E-state index in [1.165, 1.54) is 22.3 Å². The third kappa shape index (κ3) is 7.93. The van der Waals surface area contributed by atoms with Crippen LogP contribution in [0.25, 0.3) is 0 Å². The van der Waals surface area contributed by atoms with Gasteiger partial charge in [-0.1, -0.05) is 101 Å². The Hall–Kier alpha value is -3.14. The fraction of sp³-hybridized carbons (Fsp3) is 0.471. The van der Waals surface area contributed by atoms with E-state index in [9.17, 15) is 0 Å². The summed E-state index contributed by atoms with van der Waals surface area (Å²) in [6.07, 6.45) is 0. The van der Waals surface area contributed by atoms with Crippen LogP contribution in [0.4, 0.5) is 22.7 Å². The van der Waals surface area contributed by atoms with E-state index < -0.39 is 0 Å². The second kappa shape index (κ2) is 10.6. The fourth-order valence-electron chi connectivity index (χ4n) is 3.92. The second-order valence-electron chi connectivity index (χ2n) is 14.5. The lowest BCUT2D eigenvalue weighted by atomic mass is 9.80. The Morgan fingerprint density at radius 3 is 0.868 bits per heavy atom. The van der Waals surface area contributed by atoms with Gasteiger partial charge in [0.15, 0.2) is 0 Å². The quantitative estimate of drug-likeness (QED) is 0.313. The molecule has 0 fully saturated rings. The first kappa shape index (κ1) is 29.4. The summed E-state index contributed by atoms with van der Waals surface area (Å²) in [4.78, 5) is 0. The van der Waals surface area contributed by atoms with Gasteiger partial charge in [-0.15, -0.1) is 0 Å². The van der Waals surface area contributed by atoms with E-state index in [1.807, 2.05) is 24.3 Å². The van der Waals surface area contributed by atoms with Crippen molar-refractivity contribution in [3.63, 3.8) is 0 Å². The normalized spacial score (nSPS) is 13.6. The third-order valence-electron chi connectivity index (χ3n) is 6.69. The van der Waals surface area contributed by atoms with Gasteiger partial charge in [0.2, 0.25) is 0 Å². The summed E-state index contributed by atoms with van der Waals surface area (Å²) < 4.78 is 0. The van der Waals surface area contributed by atoms with Gasteiger partial charge >= 0.3 is 0 Å². The molecule has 4 heteroatoms. The molecule has 0 radical (unpaired) electrons. The molecule has 3 rings (SSSR count). The Balaban J connectivity index is 1.92. The molecule has 38 heavy (non-hydrogen) atoms. The first-order chi connectivity index (χ1) is 17.3. The molecule has 0 N–H and O–H groups in total. The summed E-state index contributed by atoms with van der Waals surface area (Å²) in [7, 11) is 0. The number of benzene rings is 3. The minimum atomic E-state index is 0.0307. The van der Waals surface area contributed by atoms with E-state index in [2.05, 4.69) is 140 Å². The molecule has 0 saturated heterocycles. The predicted molar refractivity (Wildman–Crippen MR) is 162 cm³/mol. The van der Waals surface area contributed by atoms with E-state index in [-0.39, 0.29) is 21.7 Å². The Kier molecular flexibility index (Phi) is 8.17. The molecule has 0 aromatic heterocycles. The van der Waals surface area contributed by atoms with E-state index in [0.29, 0.717) is 0 Å². The molecule has 4 nitrogen and oxygen atoms in total. The van der Waals surface area contributed by atoms with Crippen LogP contribution in [0, 0.1) is 0 Å². The molecule has 0 aliphatic carbocycles. The molecule has 0 atom stereocenters. The maximum Gasteiger partial charge on any atom is 0.0879 e. The molecule has 0 saturated carbocycles. The van der Waals surface area contributed by atoms with Gasteiger partial charge in [0.25, 0.3) is 0 Å². The first-order valence-corrected chi connectivity index (χ1v) is 13.6. The average Bonchev–Trinajstić information content (AvgIpc) is 2.79. The Morgan fingerprint density at radius 1 is 0.342 bits per heavy atom. The number of azo groups is 2. The topological polar surface area (TPSA) is 49.4 Å². The van der Waals surface area contributed by atoms with Crippen molar-refractivity contribution in [2.75, 3.05) is 0 Å². The lowest BCUT2D eigenvalue weighted by Gasteiger charge is -2.25. The number of hydrogen-bond acceptors (Lipinski definition) is 4. The highest BCUT2D eigenvalue weighted by atomic mass is 15.1. The lowest BCUT2D eigenvalue weighted by molar-refractivity contribution is 0.568. The highest BCUT2D eigenvalue weighted by Crippen LogP contribution is 2.35. The van der Waals surface area contributed by atoms with Crippen LogP contribution in [-0.2, 0) is 21.7 Å². The largest absolute Gasteiger partial charge is 0.151 e. The van der Waals surface area contributed by atoms with Crippen molar-refractivity contribution in [2.24, 2.45) is 20.5 Å². The van der Waals surface area contributed by atoms with Crippen molar-refractivity contribution in [3.05, 3.63) is 82.9 Å². The Labute approximate surface area is 230 Å². The zero-order valence-electron chi connectivity index (χ0n) is 25.6. The Bertz CT molecular complexity index is 1170. The van der Waals surface area contributed by atoms with Gasteiger partial charge in [-0.3, -0.25) is 0 Å². The zero-order chi connectivity index (χ0) is 28.5. The van der Waals surface area contributed by atoms with Crippen LogP contribution in [0.3, 0.4) is 0 Å². The van der Waals surface area contributed by atoms with Crippen LogP contribution in [0.2, 0.25) is 0 Å². The maximum atomic E-state index is 4.61. The van der Waals surface area contributed by atoms with Crippen LogP contribution < -0.4 is 0 Å². The van der Waals surface area contributed by atoms with Gasteiger partial charge in [-0.05, 0) is 86.4 Å². The Morgan fingerprint density at radius 2 is 0.605 bits per heavy atom. The van der Waals surface area contributed by atoms with E-state index >= 15 is 0 Å². The van der Waals surface area contributed by atoms with Gasteiger partial charge in [0.1, 0.15) is 0 Å². The van der Waals surface area contributed by atoms with Gasteiger partial charge in [-0.2, -0.15) is 20.5 Å². The first-order valence-electron chi connectivity index (χ1n) is 13.6. The van der Waals surface area contributed by atoms with Crippen LogP contribution in [-0.4, -0.2) is 0 Å². The smallest absolute Gasteiger partial charge is 0.0879 e. The second-order valence-corrected chi connectivity index (χ2v) is 14.5. The van der Waals surface area contributed by atoms with Crippen molar-refractivity contribution in [2.45, 2.75) is 105 Å². The molecule has 0 amide bonds. The minimum Gasteiger partial charge on any atom is -0.151 e. The monoisotopic (exact) mass is 510 g/mol. The number of hydrogen-bond donors (Lipinski definition) is 0. The van der Waals surface area contributed by atoms with E-state index in [4.69, 9.17) is 0 Å². The molecule has 0 aliphatic rings. The van der Waals surface area contributed by atoms with Crippen molar-refractivity contribution in [1.82, 2.24) is 0 Å². The predicted octanol–water partition coefficient (Wildman–Crippen LogP) is 11.7.